The summed E-state index contributed by atoms with van der Waals surface area (Å²) in [4.78, 5) is 18.1. The molecule has 1 amide bonds. The van der Waals surface area contributed by atoms with Crippen LogP contribution in [0.3, 0.4) is 0 Å². The van der Waals surface area contributed by atoms with E-state index in [0.717, 1.165) is 11.3 Å². The predicted octanol–water partition coefficient (Wildman–Crippen LogP) is 0.328. The molecule has 0 aromatic heterocycles. The number of likely N-dealkylation sites (N-methyl/N-ethyl adjacent to an activating group) is 1. The van der Waals surface area contributed by atoms with Crippen LogP contribution < -0.4 is 18.9 Å². The quantitative estimate of drug-likeness (QED) is 0.572. The van der Waals surface area contributed by atoms with Crippen LogP contribution in [-0.2, 0) is 4.79 Å². The SMILES string of the molecule is CN(C)C(=O)/C=C(/[N-][Si](C)(C)C)c1ccccc1.[Li+]. The van der Waals surface area contributed by atoms with Gasteiger partial charge in [-0.05, 0) is 19.9 Å². The molecule has 98 valence electrons. The summed E-state index contributed by atoms with van der Waals surface area (Å²) in [6.45, 7) is 6.47. The van der Waals surface area contributed by atoms with Gasteiger partial charge in [0.25, 0.3) is 0 Å². The Hall–Kier alpha value is -0.956. The maximum absolute atomic E-state index is 11.8. The summed E-state index contributed by atoms with van der Waals surface area (Å²) in [5.74, 6) is -0.0316. The van der Waals surface area contributed by atoms with E-state index in [4.69, 9.17) is 4.98 Å². The number of benzene rings is 1. The van der Waals surface area contributed by atoms with E-state index < -0.39 is 8.24 Å². The third-order valence-corrected chi connectivity index (χ3v) is 3.14. The first-order valence-corrected chi connectivity index (χ1v) is 9.45. The topological polar surface area (TPSA) is 34.4 Å². The van der Waals surface area contributed by atoms with Crippen LogP contribution in [-0.4, -0.2) is 33.1 Å². The van der Waals surface area contributed by atoms with Crippen LogP contribution in [0.4, 0.5) is 0 Å². The van der Waals surface area contributed by atoms with Gasteiger partial charge in [-0.3, -0.25) is 4.79 Å². The minimum Gasteiger partial charge on any atom is -0.687 e. The van der Waals surface area contributed by atoms with E-state index >= 15 is 0 Å². The Morgan fingerprint density at radius 1 is 1.16 bits per heavy atom. The Labute approximate surface area is 129 Å². The normalized spacial score (nSPS) is 11.5. The molecule has 0 spiro atoms. The molecule has 0 saturated heterocycles. The van der Waals surface area contributed by atoms with Crippen molar-refractivity contribution in [1.29, 1.82) is 0 Å². The zero-order valence-corrected chi connectivity index (χ0v) is 13.8. The Kier molecular flexibility index (Phi) is 7.21. The van der Waals surface area contributed by atoms with Gasteiger partial charge < -0.3 is 9.88 Å². The van der Waals surface area contributed by atoms with Crippen LogP contribution in [0.2, 0.25) is 19.6 Å². The number of amides is 1. The molecule has 5 heteroatoms. The number of rotatable bonds is 4. The van der Waals surface area contributed by atoms with E-state index in [1.165, 1.54) is 0 Å². The molecule has 0 unspecified atom stereocenters. The molecule has 1 aromatic carbocycles. The van der Waals surface area contributed by atoms with Crippen molar-refractivity contribution in [2.45, 2.75) is 19.6 Å². The fraction of sp³-hybridized carbons (Fsp3) is 0.357. The minimum absolute atomic E-state index is 0. The van der Waals surface area contributed by atoms with E-state index in [1.807, 2.05) is 30.3 Å². The van der Waals surface area contributed by atoms with Crippen molar-refractivity contribution in [2.24, 2.45) is 0 Å². The van der Waals surface area contributed by atoms with Gasteiger partial charge in [0.2, 0.25) is 5.91 Å². The summed E-state index contributed by atoms with van der Waals surface area (Å²) in [6, 6.07) is 9.85. The van der Waals surface area contributed by atoms with Crippen molar-refractivity contribution in [3.05, 3.63) is 47.0 Å². The first-order chi connectivity index (χ1) is 8.29. The van der Waals surface area contributed by atoms with Crippen LogP contribution in [0.25, 0.3) is 10.7 Å². The molecule has 0 heterocycles. The first kappa shape index (κ1) is 18.0. The molecular formula is C14H21LiN2OSi. The Balaban J connectivity index is 0.00000324. The molecule has 0 aliphatic carbocycles. The molecule has 3 nitrogen and oxygen atoms in total. The molecule has 1 rings (SSSR count). The number of hydrogen-bond acceptors (Lipinski definition) is 1. The van der Waals surface area contributed by atoms with Gasteiger partial charge in [-0.15, -0.1) is 5.70 Å². The number of carbonyl (C=O) groups is 1. The van der Waals surface area contributed by atoms with Crippen molar-refractivity contribution in [2.75, 3.05) is 14.1 Å². The predicted molar refractivity (Wildman–Crippen MR) is 79.8 cm³/mol. The average molecular weight is 268 g/mol. The van der Waals surface area contributed by atoms with Gasteiger partial charge in [-0.2, -0.15) is 0 Å². The van der Waals surface area contributed by atoms with Crippen LogP contribution >= 0.6 is 0 Å². The average Bonchev–Trinajstić information content (AvgIpc) is 2.27. The van der Waals surface area contributed by atoms with Gasteiger partial charge in [0.15, 0.2) is 0 Å². The molecule has 0 aliphatic rings. The zero-order chi connectivity index (χ0) is 13.8. The summed E-state index contributed by atoms with van der Waals surface area (Å²) in [5, 5.41) is 0. The maximum atomic E-state index is 11.8. The fourth-order valence-corrected chi connectivity index (χ4v) is 2.31. The van der Waals surface area contributed by atoms with Gasteiger partial charge in [0.1, 0.15) is 0 Å². The standard InChI is InChI=1S/C14H22N2OSi.Li/c1-16(2)14(17)11-13(15-18(3,4)5)12-9-7-6-8-10-12;/h6-11H,1-5H3,(H,15,17);/q;+1/p-1. The van der Waals surface area contributed by atoms with Crippen molar-refractivity contribution in [3.8, 4) is 0 Å². The minimum atomic E-state index is -1.62. The molecule has 0 saturated carbocycles. The fourth-order valence-electron chi connectivity index (χ4n) is 1.40. The second-order valence-electron chi connectivity index (χ2n) is 5.41. The molecule has 0 aliphatic heterocycles. The van der Waals surface area contributed by atoms with Gasteiger partial charge in [-0.25, -0.2) is 0 Å². The summed E-state index contributed by atoms with van der Waals surface area (Å²) in [5.41, 5.74) is 1.78. The van der Waals surface area contributed by atoms with Gasteiger partial charge in [0.05, 0.1) is 0 Å². The molecule has 0 bridgehead atoms. The third kappa shape index (κ3) is 6.67. The Bertz CT molecular complexity index is 439. The van der Waals surface area contributed by atoms with Crippen molar-refractivity contribution in [3.63, 3.8) is 0 Å². The number of nitrogens with zero attached hydrogens (tertiary/aromatic N) is 2. The van der Waals surface area contributed by atoms with Crippen molar-refractivity contribution in [1.82, 2.24) is 4.90 Å². The van der Waals surface area contributed by atoms with E-state index in [9.17, 15) is 4.79 Å². The molecule has 0 fully saturated rings. The van der Waals surface area contributed by atoms with Crippen LogP contribution in [0.1, 0.15) is 5.56 Å². The summed E-state index contributed by atoms with van der Waals surface area (Å²) >= 11 is 0. The van der Waals surface area contributed by atoms with Crippen LogP contribution in [0.5, 0.6) is 0 Å². The number of carbonyl (C=O) groups excluding carboxylic acids is 1. The van der Waals surface area contributed by atoms with Gasteiger partial charge in [-0.1, -0.05) is 50.0 Å². The molecule has 19 heavy (non-hydrogen) atoms. The molecule has 0 atom stereocenters. The van der Waals surface area contributed by atoms with Gasteiger partial charge >= 0.3 is 18.9 Å². The van der Waals surface area contributed by atoms with Crippen LogP contribution in [0, 0.1) is 0 Å². The Morgan fingerprint density at radius 3 is 2.11 bits per heavy atom. The monoisotopic (exact) mass is 268 g/mol. The molecule has 0 radical (unpaired) electrons. The van der Waals surface area contributed by atoms with Crippen LogP contribution in [0.15, 0.2) is 36.4 Å². The largest absolute Gasteiger partial charge is 1.00 e. The second kappa shape index (κ2) is 7.59. The smallest absolute Gasteiger partial charge is 0.687 e. The number of hydrogen-bond donors (Lipinski definition) is 0. The summed E-state index contributed by atoms with van der Waals surface area (Å²) in [7, 11) is 1.87. The summed E-state index contributed by atoms with van der Waals surface area (Å²) < 4.78 is 0. The van der Waals surface area contributed by atoms with Gasteiger partial charge in [0, 0.05) is 14.1 Å². The van der Waals surface area contributed by atoms with Crippen molar-refractivity contribution >= 4 is 19.8 Å². The Morgan fingerprint density at radius 2 is 1.68 bits per heavy atom. The first-order valence-electron chi connectivity index (χ1n) is 6.01. The van der Waals surface area contributed by atoms with E-state index in [0.29, 0.717) is 0 Å². The van der Waals surface area contributed by atoms with Crippen molar-refractivity contribution < 1.29 is 23.7 Å². The third-order valence-electron chi connectivity index (χ3n) is 2.23. The molecule has 1 aromatic rings. The van der Waals surface area contributed by atoms with E-state index in [2.05, 4.69) is 19.6 Å². The summed E-state index contributed by atoms with van der Waals surface area (Å²) in [6.07, 6.45) is 1.62. The van der Waals surface area contributed by atoms with E-state index in [-0.39, 0.29) is 24.8 Å². The zero-order valence-electron chi connectivity index (χ0n) is 12.8. The maximum Gasteiger partial charge on any atom is 1.00 e. The molecular weight excluding hydrogens is 247 g/mol. The molecule has 0 N–H and O–H groups in total. The van der Waals surface area contributed by atoms with E-state index in [1.54, 1.807) is 25.1 Å². The second-order valence-corrected chi connectivity index (χ2v) is 9.98.